The predicted octanol–water partition coefficient (Wildman–Crippen LogP) is 1.64. The number of rotatable bonds is 2. The number of allylic oxidation sites excluding steroid dienone is 3. The molecule has 0 aromatic rings. The first-order chi connectivity index (χ1) is 6.42. The van der Waals surface area contributed by atoms with Gasteiger partial charge in [-0.05, 0) is 18.8 Å². The SMILES string of the molecule is O=CN[C@H]1CCCC2C=CC=CC21. The lowest BCUT2D eigenvalue weighted by atomic mass is 9.74. The zero-order valence-corrected chi connectivity index (χ0v) is 7.65. The van der Waals surface area contributed by atoms with E-state index < -0.39 is 0 Å². The molecule has 0 aromatic heterocycles. The Hall–Kier alpha value is -1.05. The third-order valence-corrected chi connectivity index (χ3v) is 3.10. The molecule has 0 spiro atoms. The molecular formula is C11H15NO. The summed E-state index contributed by atoms with van der Waals surface area (Å²) in [6.45, 7) is 0. The average Bonchev–Trinajstić information content (AvgIpc) is 2.19. The zero-order chi connectivity index (χ0) is 9.10. The van der Waals surface area contributed by atoms with Crippen molar-refractivity contribution in [1.82, 2.24) is 5.32 Å². The fourth-order valence-electron chi connectivity index (χ4n) is 2.44. The summed E-state index contributed by atoms with van der Waals surface area (Å²) in [4.78, 5) is 10.4. The Morgan fingerprint density at radius 1 is 1.23 bits per heavy atom. The number of carbonyl (C=O) groups is 1. The lowest BCUT2D eigenvalue weighted by Gasteiger charge is -2.35. The van der Waals surface area contributed by atoms with Gasteiger partial charge in [0.25, 0.3) is 0 Å². The Labute approximate surface area is 78.7 Å². The van der Waals surface area contributed by atoms with Gasteiger partial charge in [0, 0.05) is 12.0 Å². The molecule has 70 valence electrons. The molecule has 0 heterocycles. The van der Waals surface area contributed by atoms with E-state index in [0.29, 0.717) is 17.9 Å². The maximum Gasteiger partial charge on any atom is 0.207 e. The maximum atomic E-state index is 10.4. The number of nitrogens with one attached hydrogen (secondary N) is 1. The highest BCUT2D eigenvalue weighted by atomic mass is 16.1. The van der Waals surface area contributed by atoms with Crippen molar-refractivity contribution in [3.05, 3.63) is 24.3 Å². The molecule has 13 heavy (non-hydrogen) atoms. The van der Waals surface area contributed by atoms with E-state index in [-0.39, 0.29) is 0 Å². The van der Waals surface area contributed by atoms with Crippen LogP contribution in [-0.2, 0) is 4.79 Å². The first kappa shape index (κ1) is 8.54. The van der Waals surface area contributed by atoms with Crippen LogP contribution < -0.4 is 5.32 Å². The van der Waals surface area contributed by atoms with E-state index in [4.69, 9.17) is 0 Å². The van der Waals surface area contributed by atoms with Crippen LogP contribution in [0.25, 0.3) is 0 Å². The molecule has 0 bridgehead atoms. The molecule has 1 N–H and O–H groups in total. The molecule has 2 aliphatic carbocycles. The number of fused-ring (bicyclic) bond motifs is 1. The standard InChI is InChI=1S/C11H15NO/c13-8-12-11-7-3-5-9-4-1-2-6-10(9)11/h1-2,4,6,8-11H,3,5,7H2,(H,12,13)/t9?,10?,11-/m0/s1. The first-order valence-corrected chi connectivity index (χ1v) is 4.96. The summed E-state index contributed by atoms with van der Waals surface area (Å²) in [6, 6.07) is 0.359. The molecule has 0 saturated heterocycles. The Kier molecular flexibility index (Phi) is 2.48. The summed E-state index contributed by atoms with van der Waals surface area (Å²) in [5.41, 5.74) is 0. The van der Waals surface area contributed by atoms with Gasteiger partial charge in [0.05, 0.1) is 0 Å². The Balaban J connectivity index is 2.08. The highest BCUT2D eigenvalue weighted by Gasteiger charge is 2.30. The quantitative estimate of drug-likeness (QED) is 0.638. The molecule has 2 nitrogen and oxygen atoms in total. The van der Waals surface area contributed by atoms with E-state index in [1.165, 1.54) is 12.8 Å². The molecule has 1 fully saturated rings. The lowest BCUT2D eigenvalue weighted by molar-refractivity contribution is -0.110. The van der Waals surface area contributed by atoms with Gasteiger partial charge in [-0.25, -0.2) is 0 Å². The molecule has 0 radical (unpaired) electrons. The number of hydrogen-bond donors (Lipinski definition) is 1. The normalized spacial score (nSPS) is 36.8. The Morgan fingerprint density at radius 2 is 2.08 bits per heavy atom. The van der Waals surface area contributed by atoms with Gasteiger partial charge in [-0.15, -0.1) is 0 Å². The van der Waals surface area contributed by atoms with Gasteiger partial charge in [-0.2, -0.15) is 0 Å². The second-order valence-electron chi connectivity index (χ2n) is 3.83. The van der Waals surface area contributed by atoms with E-state index in [0.717, 1.165) is 12.8 Å². The highest BCUT2D eigenvalue weighted by Crippen LogP contribution is 2.33. The van der Waals surface area contributed by atoms with Crippen molar-refractivity contribution in [2.75, 3.05) is 0 Å². The van der Waals surface area contributed by atoms with Crippen LogP contribution >= 0.6 is 0 Å². The molecule has 3 atom stereocenters. The topological polar surface area (TPSA) is 29.1 Å². The van der Waals surface area contributed by atoms with Crippen molar-refractivity contribution in [3.63, 3.8) is 0 Å². The minimum Gasteiger partial charge on any atom is -0.355 e. The summed E-state index contributed by atoms with van der Waals surface area (Å²) >= 11 is 0. The van der Waals surface area contributed by atoms with Crippen LogP contribution in [-0.4, -0.2) is 12.5 Å². The summed E-state index contributed by atoms with van der Waals surface area (Å²) in [5.74, 6) is 1.18. The zero-order valence-electron chi connectivity index (χ0n) is 7.65. The number of carbonyl (C=O) groups excluding carboxylic acids is 1. The largest absolute Gasteiger partial charge is 0.355 e. The van der Waals surface area contributed by atoms with Gasteiger partial charge in [0.1, 0.15) is 0 Å². The minimum absolute atomic E-state index is 0.359. The first-order valence-electron chi connectivity index (χ1n) is 4.96. The second kappa shape index (κ2) is 3.77. The van der Waals surface area contributed by atoms with Gasteiger partial charge >= 0.3 is 0 Å². The molecule has 1 saturated carbocycles. The smallest absolute Gasteiger partial charge is 0.207 e. The van der Waals surface area contributed by atoms with Crippen molar-refractivity contribution in [3.8, 4) is 0 Å². The second-order valence-corrected chi connectivity index (χ2v) is 3.83. The van der Waals surface area contributed by atoms with Gasteiger partial charge < -0.3 is 5.32 Å². The monoisotopic (exact) mass is 177 g/mol. The summed E-state index contributed by atoms with van der Waals surface area (Å²) in [5, 5.41) is 2.92. The van der Waals surface area contributed by atoms with Gasteiger partial charge in [-0.3, -0.25) is 4.79 Å². The van der Waals surface area contributed by atoms with Crippen molar-refractivity contribution in [1.29, 1.82) is 0 Å². The van der Waals surface area contributed by atoms with E-state index >= 15 is 0 Å². The molecule has 2 heteroatoms. The van der Waals surface area contributed by atoms with E-state index in [1.807, 2.05) is 0 Å². The molecular weight excluding hydrogens is 162 g/mol. The lowest BCUT2D eigenvalue weighted by Crippen LogP contribution is -2.41. The van der Waals surface area contributed by atoms with Crippen LogP contribution in [0.2, 0.25) is 0 Å². The molecule has 1 amide bonds. The van der Waals surface area contributed by atoms with Crippen molar-refractivity contribution in [2.45, 2.75) is 25.3 Å². The molecule has 0 aromatic carbocycles. The van der Waals surface area contributed by atoms with Crippen molar-refractivity contribution >= 4 is 6.41 Å². The van der Waals surface area contributed by atoms with Crippen LogP contribution in [0.15, 0.2) is 24.3 Å². The number of hydrogen-bond acceptors (Lipinski definition) is 1. The van der Waals surface area contributed by atoms with E-state index in [2.05, 4.69) is 29.6 Å². The van der Waals surface area contributed by atoms with Crippen LogP contribution in [0.1, 0.15) is 19.3 Å². The fraction of sp³-hybridized carbons (Fsp3) is 0.545. The van der Waals surface area contributed by atoms with Crippen molar-refractivity contribution < 1.29 is 4.79 Å². The van der Waals surface area contributed by atoms with Crippen LogP contribution in [0.5, 0.6) is 0 Å². The van der Waals surface area contributed by atoms with Crippen LogP contribution in [0.4, 0.5) is 0 Å². The van der Waals surface area contributed by atoms with Crippen LogP contribution in [0, 0.1) is 11.8 Å². The van der Waals surface area contributed by atoms with Crippen molar-refractivity contribution in [2.24, 2.45) is 11.8 Å². The third kappa shape index (κ3) is 1.67. The molecule has 2 unspecified atom stereocenters. The van der Waals surface area contributed by atoms with E-state index in [9.17, 15) is 4.79 Å². The Bertz CT molecular complexity index is 244. The van der Waals surface area contributed by atoms with Crippen LogP contribution in [0.3, 0.4) is 0 Å². The third-order valence-electron chi connectivity index (χ3n) is 3.10. The molecule has 0 aliphatic heterocycles. The van der Waals surface area contributed by atoms with Gasteiger partial charge in [0.15, 0.2) is 0 Å². The van der Waals surface area contributed by atoms with Gasteiger partial charge in [0.2, 0.25) is 6.41 Å². The van der Waals surface area contributed by atoms with E-state index in [1.54, 1.807) is 0 Å². The summed E-state index contributed by atoms with van der Waals surface area (Å²) < 4.78 is 0. The Morgan fingerprint density at radius 3 is 2.92 bits per heavy atom. The summed E-state index contributed by atoms with van der Waals surface area (Å²) in [6.07, 6.45) is 13.1. The maximum absolute atomic E-state index is 10.4. The summed E-state index contributed by atoms with van der Waals surface area (Å²) in [7, 11) is 0. The highest BCUT2D eigenvalue weighted by molar-refractivity contribution is 5.47. The van der Waals surface area contributed by atoms with Gasteiger partial charge in [-0.1, -0.05) is 30.7 Å². The fourth-order valence-corrected chi connectivity index (χ4v) is 2.44. The predicted molar refractivity (Wildman–Crippen MR) is 52.1 cm³/mol. The molecule has 2 rings (SSSR count). The average molecular weight is 177 g/mol. The minimum atomic E-state index is 0.359. The molecule has 2 aliphatic rings. The number of amides is 1.